The third kappa shape index (κ3) is 4.69. The highest BCUT2D eigenvalue weighted by Gasteiger charge is 2.30. The van der Waals surface area contributed by atoms with E-state index >= 15 is 0 Å². The van der Waals surface area contributed by atoms with Crippen LogP contribution in [0, 0.1) is 30.9 Å². The summed E-state index contributed by atoms with van der Waals surface area (Å²) in [5, 5.41) is 14.8. The van der Waals surface area contributed by atoms with Gasteiger partial charge in [0.25, 0.3) is 11.6 Å². The van der Waals surface area contributed by atoms with E-state index < -0.39 is 22.6 Å². The molecule has 0 aliphatic carbocycles. The van der Waals surface area contributed by atoms with Crippen LogP contribution in [0.2, 0.25) is 0 Å². The van der Waals surface area contributed by atoms with Crippen LogP contribution < -0.4 is 5.43 Å². The fourth-order valence-corrected chi connectivity index (χ4v) is 3.35. The molecule has 0 spiro atoms. The molecule has 32 heavy (non-hydrogen) atoms. The van der Waals surface area contributed by atoms with Gasteiger partial charge >= 0.3 is 6.18 Å². The van der Waals surface area contributed by atoms with Crippen LogP contribution in [0.25, 0.3) is 5.69 Å². The molecule has 0 aliphatic rings. The molecule has 0 unspecified atom stereocenters. The van der Waals surface area contributed by atoms with E-state index in [-0.39, 0.29) is 11.3 Å². The Kier molecular flexibility index (Phi) is 6.15. The molecule has 0 fully saturated rings. The Morgan fingerprint density at radius 1 is 1.12 bits per heavy atom. The molecule has 1 amide bonds. The van der Waals surface area contributed by atoms with Crippen LogP contribution in [0.15, 0.2) is 53.6 Å². The minimum atomic E-state index is -4.55. The number of nitrogens with one attached hydrogen (secondary N) is 1. The fourth-order valence-electron chi connectivity index (χ4n) is 3.35. The van der Waals surface area contributed by atoms with Crippen molar-refractivity contribution in [3.05, 3.63) is 92.3 Å². The van der Waals surface area contributed by atoms with Gasteiger partial charge < -0.3 is 4.57 Å². The van der Waals surface area contributed by atoms with Crippen LogP contribution >= 0.6 is 0 Å². The lowest BCUT2D eigenvalue weighted by molar-refractivity contribution is -0.384. The second kappa shape index (κ2) is 8.66. The highest BCUT2D eigenvalue weighted by molar-refractivity contribution is 5.95. The van der Waals surface area contributed by atoms with E-state index in [1.54, 1.807) is 13.0 Å². The molecule has 0 atom stereocenters. The van der Waals surface area contributed by atoms with Crippen LogP contribution in [0.5, 0.6) is 0 Å². The minimum Gasteiger partial charge on any atom is -0.318 e. The van der Waals surface area contributed by atoms with Crippen molar-refractivity contribution in [1.82, 2.24) is 9.99 Å². The smallest absolute Gasteiger partial charge is 0.318 e. The monoisotopic (exact) mass is 444 g/mol. The molecule has 3 aromatic rings. The Hall–Kier alpha value is -3.95. The van der Waals surface area contributed by atoms with E-state index in [1.807, 2.05) is 24.5 Å². The van der Waals surface area contributed by atoms with Crippen molar-refractivity contribution in [3.8, 4) is 5.69 Å². The summed E-state index contributed by atoms with van der Waals surface area (Å²) in [4.78, 5) is 22.7. The van der Waals surface area contributed by atoms with E-state index in [1.165, 1.54) is 24.4 Å². The number of nitro benzene ring substituents is 1. The number of alkyl halides is 3. The number of halogens is 3. The summed E-state index contributed by atoms with van der Waals surface area (Å²) >= 11 is 0. The standard InChI is InChI=1S/C22H19F3N4O3/c1-13-9-19(29(31)32)7-8-20(13)28-14(2)10-17(15(28)3)12-26-27-21(30)16-5-4-6-18(11-16)22(23,24)25/h4-12H,1-3H3,(H,27,30)/b26-12-. The maximum absolute atomic E-state index is 12.8. The Morgan fingerprint density at radius 3 is 2.47 bits per heavy atom. The zero-order valence-electron chi connectivity index (χ0n) is 17.4. The van der Waals surface area contributed by atoms with E-state index in [2.05, 4.69) is 10.5 Å². The number of aryl methyl sites for hydroxylation is 2. The second-order valence-corrected chi connectivity index (χ2v) is 7.17. The average Bonchev–Trinajstić information content (AvgIpc) is 3.00. The Balaban J connectivity index is 1.81. The molecule has 166 valence electrons. The zero-order valence-corrected chi connectivity index (χ0v) is 17.4. The number of amides is 1. The van der Waals surface area contributed by atoms with Gasteiger partial charge in [-0.05, 0) is 56.7 Å². The molecule has 1 aromatic heterocycles. The molecule has 0 radical (unpaired) electrons. The summed E-state index contributed by atoms with van der Waals surface area (Å²) in [6.07, 6.45) is -3.15. The van der Waals surface area contributed by atoms with Gasteiger partial charge in [0, 0.05) is 40.3 Å². The number of hydrogen-bond acceptors (Lipinski definition) is 4. The third-order valence-corrected chi connectivity index (χ3v) is 4.92. The Labute approximate surface area is 181 Å². The van der Waals surface area contributed by atoms with Crippen molar-refractivity contribution in [2.24, 2.45) is 5.10 Å². The van der Waals surface area contributed by atoms with Gasteiger partial charge in [0.15, 0.2) is 0 Å². The SMILES string of the molecule is Cc1cc([N+](=O)[O-])ccc1-n1c(C)cc(/C=N\NC(=O)c2cccc(C(F)(F)F)c2)c1C. The van der Waals surface area contributed by atoms with E-state index in [4.69, 9.17) is 0 Å². The van der Waals surface area contributed by atoms with E-state index in [0.717, 1.165) is 35.3 Å². The summed E-state index contributed by atoms with van der Waals surface area (Å²) in [6, 6.07) is 10.4. The number of nitro groups is 1. The van der Waals surface area contributed by atoms with Crippen molar-refractivity contribution in [1.29, 1.82) is 0 Å². The number of carbonyl (C=O) groups is 1. The topological polar surface area (TPSA) is 89.5 Å². The molecule has 7 nitrogen and oxygen atoms in total. The summed E-state index contributed by atoms with van der Waals surface area (Å²) in [5.74, 6) is -0.771. The number of hydrogen-bond donors (Lipinski definition) is 1. The van der Waals surface area contributed by atoms with Crippen LogP contribution in [-0.4, -0.2) is 21.6 Å². The van der Waals surface area contributed by atoms with Gasteiger partial charge in [0.05, 0.1) is 16.7 Å². The molecule has 1 heterocycles. The van der Waals surface area contributed by atoms with Crippen molar-refractivity contribution in [2.75, 3.05) is 0 Å². The molecular formula is C22H19F3N4O3. The predicted octanol–water partition coefficient (Wildman–Crippen LogP) is 5.09. The lowest BCUT2D eigenvalue weighted by atomic mass is 10.1. The molecular weight excluding hydrogens is 425 g/mol. The normalized spacial score (nSPS) is 11.7. The summed E-state index contributed by atoms with van der Waals surface area (Å²) in [5.41, 5.74) is 4.90. The third-order valence-electron chi connectivity index (χ3n) is 4.92. The van der Waals surface area contributed by atoms with Gasteiger partial charge in [-0.2, -0.15) is 18.3 Å². The van der Waals surface area contributed by atoms with Gasteiger partial charge in [-0.25, -0.2) is 5.43 Å². The second-order valence-electron chi connectivity index (χ2n) is 7.17. The minimum absolute atomic E-state index is 0.00666. The van der Waals surface area contributed by atoms with E-state index in [0.29, 0.717) is 11.1 Å². The van der Waals surface area contributed by atoms with Gasteiger partial charge in [-0.15, -0.1) is 0 Å². The number of hydrazone groups is 1. The molecule has 0 aliphatic heterocycles. The average molecular weight is 444 g/mol. The lowest BCUT2D eigenvalue weighted by Crippen LogP contribution is -2.18. The zero-order chi connectivity index (χ0) is 23.6. The Bertz CT molecular complexity index is 1230. The summed E-state index contributed by atoms with van der Waals surface area (Å²) in [6.45, 7) is 5.44. The number of carbonyl (C=O) groups excluding carboxylic acids is 1. The van der Waals surface area contributed by atoms with Crippen LogP contribution in [-0.2, 0) is 6.18 Å². The fraction of sp³-hybridized carbons (Fsp3) is 0.182. The number of nitrogens with zero attached hydrogens (tertiary/aromatic N) is 3. The van der Waals surface area contributed by atoms with Crippen molar-refractivity contribution < 1.29 is 22.9 Å². The van der Waals surface area contributed by atoms with Gasteiger partial charge in [-0.3, -0.25) is 14.9 Å². The Morgan fingerprint density at radius 2 is 1.84 bits per heavy atom. The van der Waals surface area contributed by atoms with Gasteiger partial charge in [0.1, 0.15) is 0 Å². The quantitative estimate of drug-likeness (QED) is 0.338. The number of non-ortho nitro benzene ring substituents is 1. The first kappa shape index (κ1) is 22.7. The molecule has 10 heteroatoms. The van der Waals surface area contributed by atoms with Gasteiger partial charge in [-0.1, -0.05) is 6.07 Å². The van der Waals surface area contributed by atoms with E-state index in [9.17, 15) is 28.1 Å². The highest BCUT2D eigenvalue weighted by atomic mass is 19.4. The highest BCUT2D eigenvalue weighted by Crippen LogP contribution is 2.29. The molecule has 1 N–H and O–H groups in total. The summed E-state index contributed by atoms with van der Waals surface area (Å²) in [7, 11) is 0. The largest absolute Gasteiger partial charge is 0.416 e. The summed E-state index contributed by atoms with van der Waals surface area (Å²) < 4.78 is 40.4. The van der Waals surface area contributed by atoms with Crippen LogP contribution in [0.4, 0.5) is 18.9 Å². The molecule has 0 bridgehead atoms. The number of benzene rings is 2. The molecule has 0 saturated carbocycles. The van der Waals surface area contributed by atoms with Crippen LogP contribution in [0.3, 0.4) is 0 Å². The van der Waals surface area contributed by atoms with Crippen molar-refractivity contribution >= 4 is 17.8 Å². The lowest BCUT2D eigenvalue weighted by Gasteiger charge is -2.12. The predicted molar refractivity (Wildman–Crippen MR) is 113 cm³/mol. The van der Waals surface area contributed by atoms with Crippen LogP contribution in [0.1, 0.15) is 38.4 Å². The molecule has 3 rings (SSSR count). The first-order chi connectivity index (χ1) is 15.0. The van der Waals surface area contributed by atoms with Crippen molar-refractivity contribution in [3.63, 3.8) is 0 Å². The first-order valence-corrected chi connectivity index (χ1v) is 9.44. The number of rotatable bonds is 5. The first-order valence-electron chi connectivity index (χ1n) is 9.44. The maximum Gasteiger partial charge on any atom is 0.416 e. The molecule has 2 aromatic carbocycles. The maximum atomic E-state index is 12.8. The molecule has 0 saturated heterocycles. The number of aromatic nitrogens is 1. The van der Waals surface area contributed by atoms with Crippen molar-refractivity contribution in [2.45, 2.75) is 26.9 Å². The van der Waals surface area contributed by atoms with Gasteiger partial charge in [0.2, 0.25) is 0 Å².